The molecule has 2 aromatic heterocycles. The molecule has 25 heavy (non-hydrogen) atoms. The Balaban J connectivity index is 1.58. The zero-order valence-electron chi connectivity index (χ0n) is 14.7. The van der Waals surface area contributed by atoms with Gasteiger partial charge in [-0.1, -0.05) is 13.8 Å². The summed E-state index contributed by atoms with van der Waals surface area (Å²) in [6.45, 7) is 5.59. The summed E-state index contributed by atoms with van der Waals surface area (Å²) in [5, 5.41) is 8.68. The Bertz CT molecular complexity index is 819. The molecule has 8 nitrogen and oxygen atoms in total. The number of hydrogen-bond acceptors (Lipinski definition) is 4. The van der Waals surface area contributed by atoms with Crippen LogP contribution < -0.4 is 5.69 Å². The van der Waals surface area contributed by atoms with E-state index in [9.17, 15) is 9.59 Å². The summed E-state index contributed by atoms with van der Waals surface area (Å²) in [6.07, 6.45) is 6.05. The molecule has 0 N–H and O–H groups in total. The van der Waals surface area contributed by atoms with Crippen molar-refractivity contribution in [3.05, 3.63) is 34.8 Å². The zero-order valence-corrected chi connectivity index (χ0v) is 14.7. The molecule has 134 valence electrons. The van der Waals surface area contributed by atoms with Crippen LogP contribution in [-0.2, 0) is 30.8 Å². The monoisotopic (exact) mass is 344 g/mol. The summed E-state index contributed by atoms with van der Waals surface area (Å²) in [5.41, 5.74) is -0.0456. The first kappa shape index (κ1) is 16.1. The lowest BCUT2D eigenvalue weighted by molar-refractivity contribution is -0.135. The molecule has 2 atom stereocenters. The maximum Gasteiger partial charge on any atom is 0.345 e. The van der Waals surface area contributed by atoms with Crippen LogP contribution >= 0.6 is 0 Å². The Hall–Kier alpha value is -2.38. The Morgan fingerprint density at radius 1 is 1.32 bits per heavy atom. The molecule has 0 spiro atoms. The zero-order chi connectivity index (χ0) is 17.6. The first-order chi connectivity index (χ1) is 12.0. The molecule has 0 radical (unpaired) electrons. The number of rotatable bonds is 4. The van der Waals surface area contributed by atoms with Gasteiger partial charge in [0.1, 0.15) is 12.4 Å². The highest BCUT2D eigenvalue weighted by Gasteiger charge is 2.41. The molecule has 4 rings (SSSR count). The van der Waals surface area contributed by atoms with Crippen LogP contribution in [0.4, 0.5) is 0 Å². The van der Waals surface area contributed by atoms with E-state index in [1.807, 2.05) is 11.0 Å². The van der Waals surface area contributed by atoms with Crippen LogP contribution in [0.3, 0.4) is 0 Å². The van der Waals surface area contributed by atoms with Crippen molar-refractivity contribution in [2.24, 2.45) is 5.92 Å². The van der Waals surface area contributed by atoms with Gasteiger partial charge in [-0.2, -0.15) is 10.2 Å². The minimum atomic E-state index is -0.0456. The summed E-state index contributed by atoms with van der Waals surface area (Å²) >= 11 is 0. The number of amides is 1. The molecule has 2 aliphatic heterocycles. The van der Waals surface area contributed by atoms with Crippen molar-refractivity contribution in [3.63, 3.8) is 0 Å². The van der Waals surface area contributed by atoms with Gasteiger partial charge < -0.3 is 4.90 Å². The van der Waals surface area contributed by atoms with Crippen molar-refractivity contribution in [2.45, 2.75) is 64.8 Å². The predicted molar refractivity (Wildman–Crippen MR) is 90.9 cm³/mol. The van der Waals surface area contributed by atoms with Gasteiger partial charge in [0, 0.05) is 37.9 Å². The van der Waals surface area contributed by atoms with E-state index >= 15 is 0 Å². The standard InChI is InChI=1S/C17H24N6O2/c1-12(2)9-22-17(25)21-10-14-5-4-13(8-15(21)19-22)23(14)16(24)11-20-7-3-6-18-20/h3,6-7,12-14H,4-5,8-11H2,1-2H3/t13-,14+/m0/s1. The molecule has 0 saturated carbocycles. The lowest BCUT2D eigenvalue weighted by Gasteiger charge is -2.28. The van der Waals surface area contributed by atoms with Gasteiger partial charge in [0.05, 0.1) is 6.04 Å². The molecule has 0 aromatic carbocycles. The highest BCUT2D eigenvalue weighted by molar-refractivity contribution is 5.77. The van der Waals surface area contributed by atoms with Crippen LogP contribution in [0.2, 0.25) is 0 Å². The fourth-order valence-corrected chi connectivity index (χ4v) is 4.07. The quantitative estimate of drug-likeness (QED) is 0.810. The van der Waals surface area contributed by atoms with Crippen molar-refractivity contribution < 1.29 is 4.79 Å². The molecular formula is C17H24N6O2. The summed E-state index contributed by atoms with van der Waals surface area (Å²) in [6, 6.07) is 2.02. The number of fused-ring (bicyclic) bond motifs is 3. The molecule has 2 aliphatic rings. The Morgan fingerprint density at radius 3 is 2.84 bits per heavy atom. The third-order valence-electron chi connectivity index (χ3n) is 5.11. The average molecular weight is 344 g/mol. The van der Waals surface area contributed by atoms with Gasteiger partial charge in [0.25, 0.3) is 0 Å². The molecule has 0 unspecified atom stereocenters. The van der Waals surface area contributed by atoms with Crippen molar-refractivity contribution in [3.8, 4) is 0 Å². The highest BCUT2D eigenvalue weighted by atomic mass is 16.2. The Labute approximate surface area is 146 Å². The van der Waals surface area contributed by atoms with E-state index in [0.29, 0.717) is 25.4 Å². The van der Waals surface area contributed by atoms with E-state index < -0.39 is 0 Å². The molecule has 2 bridgehead atoms. The topological polar surface area (TPSA) is 78.0 Å². The molecule has 1 fully saturated rings. The minimum Gasteiger partial charge on any atom is -0.333 e. The molecular weight excluding hydrogens is 320 g/mol. The first-order valence-electron chi connectivity index (χ1n) is 8.98. The van der Waals surface area contributed by atoms with E-state index in [1.54, 1.807) is 26.3 Å². The van der Waals surface area contributed by atoms with E-state index in [1.165, 1.54) is 0 Å². The third-order valence-corrected chi connectivity index (χ3v) is 5.11. The van der Waals surface area contributed by atoms with E-state index in [-0.39, 0.29) is 30.2 Å². The van der Waals surface area contributed by atoms with E-state index in [0.717, 1.165) is 18.7 Å². The molecule has 1 saturated heterocycles. The minimum absolute atomic E-state index is 0.0456. The molecule has 1 amide bonds. The van der Waals surface area contributed by atoms with Crippen LogP contribution in [0.5, 0.6) is 0 Å². The van der Waals surface area contributed by atoms with Gasteiger partial charge in [0.15, 0.2) is 0 Å². The number of carbonyl (C=O) groups is 1. The fraction of sp³-hybridized carbons (Fsp3) is 0.647. The van der Waals surface area contributed by atoms with E-state index in [4.69, 9.17) is 0 Å². The maximum atomic E-state index is 12.8. The number of carbonyl (C=O) groups excluding carboxylic acids is 1. The highest BCUT2D eigenvalue weighted by Crippen LogP contribution is 2.30. The second kappa shape index (κ2) is 6.16. The van der Waals surface area contributed by atoms with Gasteiger partial charge in [-0.05, 0) is 24.8 Å². The Morgan fingerprint density at radius 2 is 2.12 bits per heavy atom. The molecule has 2 aromatic rings. The second-order valence-electron chi connectivity index (χ2n) is 7.48. The lowest BCUT2D eigenvalue weighted by atomic mass is 10.1. The van der Waals surface area contributed by atoms with Crippen molar-refractivity contribution in [1.29, 1.82) is 0 Å². The van der Waals surface area contributed by atoms with Crippen LogP contribution in [-0.4, -0.2) is 47.0 Å². The maximum absolute atomic E-state index is 12.8. The van der Waals surface area contributed by atoms with Crippen molar-refractivity contribution >= 4 is 5.91 Å². The SMILES string of the molecule is CC(C)Cn1nc2n(c1=O)C[C@H]1CC[C@@H](C2)N1C(=O)Cn1cccn1. The van der Waals surface area contributed by atoms with Crippen molar-refractivity contribution in [2.75, 3.05) is 0 Å². The summed E-state index contributed by atoms with van der Waals surface area (Å²) < 4.78 is 5.02. The van der Waals surface area contributed by atoms with Gasteiger partial charge in [0.2, 0.25) is 5.91 Å². The molecule has 0 aliphatic carbocycles. The fourth-order valence-electron chi connectivity index (χ4n) is 4.07. The van der Waals surface area contributed by atoms with Crippen LogP contribution in [0.25, 0.3) is 0 Å². The van der Waals surface area contributed by atoms with Gasteiger partial charge in [-0.15, -0.1) is 0 Å². The number of aromatic nitrogens is 5. The average Bonchev–Trinajstić information content (AvgIpc) is 3.21. The molecule has 4 heterocycles. The summed E-state index contributed by atoms with van der Waals surface area (Å²) in [4.78, 5) is 27.4. The summed E-state index contributed by atoms with van der Waals surface area (Å²) in [5.74, 6) is 1.26. The van der Waals surface area contributed by atoms with Gasteiger partial charge in [-0.3, -0.25) is 14.0 Å². The van der Waals surface area contributed by atoms with Gasteiger partial charge in [-0.25, -0.2) is 9.48 Å². The summed E-state index contributed by atoms with van der Waals surface area (Å²) in [7, 11) is 0. The second-order valence-corrected chi connectivity index (χ2v) is 7.48. The number of hydrogen-bond donors (Lipinski definition) is 0. The lowest BCUT2D eigenvalue weighted by Crippen LogP contribution is -2.44. The van der Waals surface area contributed by atoms with Crippen LogP contribution in [0.15, 0.2) is 23.3 Å². The Kier molecular flexibility index (Phi) is 3.97. The van der Waals surface area contributed by atoms with Crippen molar-refractivity contribution in [1.82, 2.24) is 29.0 Å². The molecule has 8 heteroatoms. The van der Waals surface area contributed by atoms with E-state index in [2.05, 4.69) is 24.0 Å². The largest absolute Gasteiger partial charge is 0.345 e. The van der Waals surface area contributed by atoms with Crippen LogP contribution in [0, 0.1) is 5.92 Å². The van der Waals surface area contributed by atoms with Gasteiger partial charge >= 0.3 is 5.69 Å². The number of nitrogens with zero attached hydrogens (tertiary/aromatic N) is 6. The predicted octanol–water partition coefficient (Wildman–Crippen LogP) is 0.513. The third kappa shape index (κ3) is 2.89. The van der Waals surface area contributed by atoms with Crippen LogP contribution in [0.1, 0.15) is 32.5 Å². The first-order valence-corrected chi connectivity index (χ1v) is 8.98. The smallest absolute Gasteiger partial charge is 0.333 e. The normalized spacial score (nSPS) is 22.3.